The van der Waals surface area contributed by atoms with Gasteiger partial charge in [-0.15, -0.1) is 11.8 Å². The molecule has 0 spiro atoms. The molecule has 0 saturated carbocycles. The number of benzene rings is 1. The van der Waals surface area contributed by atoms with Crippen LogP contribution in [0.3, 0.4) is 0 Å². The predicted molar refractivity (Wildman–Crippen MR) is 74.6 cm³/mol. The summed E-state index contributed by atoms with van der Waals surface area (Å²) in [5.41, 5.74) is 0.393. The van der Waals surface area contributed by atoms with Crippen LogP contribution in [0.25, 0.3) is 22.6 Å². The van der Waals surface area contributed by atoms with Gasteiger partial charge in [0.1, 0.15) is 11.3 Å². The molecule has 3 N–H and O–H groups in total. The lowest BCUT2D eigenvalue weighted by molar-refractivity contribution is 1.07. The van der Waals surface area contributed by atoms with E-state index in [4.69, 9.17) is 0 Å². The number of aromatic nitrogens is 4. The Hall–Kier alpha value is -2.28. The molecular weight excluding hydrogens is 264 g/mol. The number of imidazole rings is 1. The first-order valence-corrected chi connectivity index (χ1v) is 6.77. The van der Waals surface area contributed by atoms with Gasteiger partial charge in [-0.05, 0) is 12.3 Å². The minimum absolute atomic E-state index is 0.264. The first kappa shape index (κ1) is 11.8. The maximum absolute atomic E-state index is 11.6. The molecule has 0 radical (unpaired) electrons. The van der Waals surface area contributed by atoms with Gasteiger partial charge in [0.15, 0.2) is 5.65 Å². The highest BCUT2D eigenvalue weighted by Gasteiger charge is 2.11. The van der Waals surface area contributed by atoms with Crippen molar-refractivity contribution in [2.24, 2.45) is 0 Å². The van der Waals surface area contributed by atoms with Crippen molar-refractivity contribution in [2.75, 3.05) is 6.26 Å². The summed E-state index contributed by atoms with van der Waals surface area (Å²) in [4.78, 5) is 35.8. The average Bonchev–Trinajstić information content (AvgIpc) is 2.82. The number of nitrogens with zero attached hydrogens (tertiary/aromatic N) is 1. The summed E-state index contributed by atoms with van der Waals surface area (Å²) in [5, 5.41) is 0. The van der Waals surface area contributed by atoms with E-state index < -0.39 is 11.2 Å². The Balaban J connectivity index is 2.29. The summed E-state index contributed by atoms with van der Waals surface area (Å²) in [6.07, 6.45) is 1.97. The molecule has 0 bridgehead atoms. The molecule has 2 aromatic heterocycles. The van der Waals surface area contributed by atoms with Crippen molar-refractivity contribution < 1.29 is 0 Å². The number of aromatic amines is 3. The van der Waals surface area contributed by atoms with Crippen molar-refractivity contribution in [3.8, 4) is 11.4 Å². The van der Waals surface area contributed by atoms with Crippen LogP contribution in [0.2, 0.25) is 0 Å². The molecule has 3 aromatic rings. The smallest absolute Gasteiger partial charge is 0.327 e. The Labute approximate surface area is 111 Å². The summed E-state index contributed by atoms with van der Waals surface area (Å²) in [6, 6.07) is 7.72. The molecule has 2 heterocycles. The number of hydrogen-bond acceptors (Lipinski definition) is 4. The normalized spacial score (nSPS) is 11.0. The van der Waals surface area contributed by atoms with E-state index in [1.165, 1.54) is 0 Å². The predicted octanol–water partition coefficient (Wildman–Crippen LogP) is 1.33. The number of nitrogens with one attached hydrogen (secondary N) is 3. The van der Waals surface area contributed by atoms with Crippen LogP contribution in [0.1, 0.15) is 0 Å². The van der Waals surface area contributed by atoms with E-state index in [-0.39, 0.29) is 11.2 Å². The Kier molecular flexibility index (Phi) is 2.75. The highest BCUT2D eigenvalue weighted by molar-refractivity contribution is 7.98. The largest absolute Gasteiger partial charge is 0.332 e. The highest BCUT2D eigenvalue weighted by atomic mass is 32.2. The van der Waals surface area contributed by atoms with Crippen LogP contribution in [-0.4, -0.2) is 26.2 Å². The van der Waals surface area contributed by atoms with Gasteiger partial charge in [-0.1, -0.05) is 18.2 Å². The minimum Gasteiger partial charge on any atom is -0.332 e. The van der Waals surface area contributed by atoms with Crippen molar-refractivity contribution in [1.29, 1.82) is 0 Å². The number of fused-ring (bicyclic) bond motifs is 1. The first-order valence-electron chi connectivity index (χ1n) is 5.55. The number of rotatable bonds is 2. The SMILES string of the molecule is CSc1ccccc1-c1nc2[nH]c(=O)[nH]c(=O)c2[nH]1. The van der Waals surface area contributed by atoms with Crippen molar-refractivity contribution >= 4 is 22.9 Å². The Morgan fingerprint density at radius 2 is 1.89 bits per heavy atom. The third-order valence-corrected chi connectivity index (χ3v) is 3.55. The van der Waals surface area contributed by atoms with Crippen molar-refractivity contribution in [1.82, 2.24) is 19.9 Å². The van der Waals surface area contributed by atoms with Crippen LogP contribution in [-0.2, 0) is 0 Å². The summed E-state index contributed by atoms with van der Waals surface area (Å²) in [5.74, 6) is 0.562. The van der Waals surface area contributed by atoms with E-state index in [9.17, 15) is 9.59 Å². The molecule has 0 atom stereocenters. The van der Waals surface area contributed by atoms with Crippen LogP contribution in [0, 0.1) is 0 Å². The Bertz CT molecular complexity index is 862. The van der Waals surface area contributed by atoms with Crippen LogP contribution >= 0.6 is 11.8 Å². The molecule has 0 aliphatic rings. The molecule has 1 aromatic carbocycles. The van der Waals surface area contributed by atoms with Gasteiger partial charge in [0, 0.05) is 10.5 Å². The molecule has 3 rings (SSSR count). The van der Waals surface area contributed by atoms with Crippen molar-refractivity contribution in [3.63, 3.8) is 0 Å². The molecule has 0 amide bonds. The lowest BCUT2D eigenvalue weighted by Crippen LogP contribution is -2.21. The average molecular weight is 274 g/mol. The molecule has 7 heteroatoms. The topological polar surface area (TPSA) is 94.4 Å². The van der Waals surface area contributed by atoms with E-state index in [1.54, 1.807) is 11.8 Å². The second-order valence-corrected chi connectivity index (χ2v) is 4.77. The molecule has 0 saturated heterocycles. The lowest BCUT2D eigenvalue weighted by Gasteiger charge is -2.02. The quantitative estimate of drug-likeness (QED) is 0.614. The molecule has 0 unspecified atom stereocenters. The zero-order valence-electron chi connectivity index (χ0n) is 9.98. The molecule has 19 heavy (non-hydrogen) atoms. The van der Waals surface area contributed by atoms with Gasteiger partial charge in [0.2, 0.25) is 0 Å². The van der Waals surface area contributed by atoms with Gasteiger partial charge in [-0.3, -0.25) is 14.8 Å². The summed E-state index contributed by atoms with van der Waals surface area (Å²) in [6.45, 7) is 0. The fourth-order valence-electron chi connectivity index (χ4n) is 1.90. The Morgan fingerprint density at radius 1 is 1.11 bits per heavy atom. The fourth-order valence-corrected chi connectivity index (χ4v) is 2.50. The van der Waals surface area contributed by atoms with Crippen LogP contribution in [0.15, 0.2) is 38.8 Å². The van der Waals surface area contributed by atoms with Gasteiger partial charge in [0.05, 0.1) is 0 Å². The summed E-state index contributed by atoms with van der Waals surface area (Å²) < 4.78 is 0. The second kappa shape index (κ2) is 4.43. The zero-order valence-corrected chi connectivity index (χ0v) is 10.8. The molecule has 0 aliphatic heterocycles. The maximum atomic E-state index is 11.6. The van der Waals surface area contributed by atoms with Crippen molar-refractivity contribution in [3.05, 3.63) is 45.1 Å². The van der Waals surface area contributed by atoms with Crippen LogP contribution < -0.4 is 11.2 Å². The summed E-state index contributed by atoms with van der Waals surface area (Å²) >= 11 is 1.59. The lowest BCUT2D eigenvalue weighted by atomic mass is 10.2. The molecule has 96 valence electrons. The van der Waals surface area contributed by atoms with E-state index in [2.05, 4.69) is 19.9 Å². The zero-order chi connectivity index (χ0) is 13.4. The minimum atomic E-state index is -0.561. The van der Waals surface area contributed by atoms with E-state index in [0.29, 0.717) is 5.82 Å². The summed E-state index contributed by atoms with van der Waals surface area (Å²) in [7, 11) is 0. The van der Waals surface area contributed by atoms with Crippen LogP contribution in [0.4, 0.5) is 0 Å². The Morgan fingerprint density at radius 3 is 2.68 bits per heavy atom. The second-order valence-electron chi connectivity index (χ2n) is 3.92. The van der Waals surface area contributed by atoms with Gasteiger partial charge < -0.3 is 4.98 Å². The fraction of sp³-hybridized carbons (Fsp3) is 0.0833. The highest BCUT2D eigenvalue weighted by Crippen LogP contribution is 2.28. The monoisotopic (exact) mass is 274 g/mol. The van der Waals surface area contributed by atoms with Crippen LogP contribution in [0.5, 0.6) is 0 Å². The van der Waals surface area contributed by atoms with Crippen molar-refractivity contribution in [2.45, 2.75) is 4.90 Å². The molecule has 0 fully saturated rings. The van der Waals surface area contributed by atoms with Gasteiger partial charge in [-0.25, -0.2) is 9.78 Å². The third-order valence-electron chi connectivity index (χ3n) is 2.75. The van der Waals surface area contributed by atoms with E-state index >= 15 is 0 Å². The van der Waals surface area contributed by atoms with E-state index in [0.717, 1.165) is 10.5 Å². The number of hydrogen-bond donors (Lipinski definition) is 3. The third kappa shape index (κ3) is 1.97. The number of H-pyrrole nitrogens is 3. The van der Waals surface area contributed by atoms with E-state index in [1.807, 2.05) is 30.5 Å². The molecular formula is C12H10N4O2S. The maximum Gasteiger partial charge on any atom is 0.327 e. The standard InChI is InChI=1S/C12H10N4O2S/c1-19-7-5-3-2-4-6(7)9-13-8-10(14-9)15-12(18)16-11(8)17/h2-5H,1H3,(H3,13,14,15,16,17,18). The number of thioether (sulfide) groups is 1. The van der Waals surface area contributed by atoms with Gasteiger partial charge in [0.25, 0.3) is 5.56 Å². The first-order chi connectivity index (χ1) is 9.19. The van der Waals surface area contributed by atoms with Gasteiger partial charge in [-0.2, -0.15) is 0 Å². The molecule has 6 nitrogen and oxygen atoms in total. The molecule has 0 aliphatic carbocycles. The van der Waals surface area contributed by atoms with Gasteiger partial charge >= 0.3 is 5.69 Å².